The van der Waals surface area contributed by atoms with Crippen LogP contribution in [0.25, 0.3) is 0 Å². The Morgan fingerprint density at radius 2 is 1.82 bits per heavy atom. The minimum absolute atomic E-state index is 1.10. The molecule has 2 heteroatoms. The van der Waals surface area contributed by atoms with Gasteiger partial charge in [-0.2, -0.15) is 0 Å². The molecule has 1 aliphatic rings. The van der Waals surface area contributed by atoms with E-state index in [0.29, 0.717) is 0 Å². The molecule has 1 N–H and O–H groups in total. The Morgan fingerprint density at radius 3 is 2.71 bits per heavy atom. The van der Waals surface area contributed by atoms with Gasteiger partial charge in [0, 0.05) is 16.3 Å². The van der Waals surface area contributed by atoms with Crippen molar-refractivity contribution >= 4 is 17.4 Å². The zero-order valence-electron chi connectivity index (χ0n) is 9.65. The average Bonchev–Trinajstić information content (AvgIpc) is 2.40. The number of anilines is 1. The highest BCUT2D eigenvalue weighted by Gasteiger charge is 2.12. The van der Waals surface area contributed by atoms with E-state index in [0.717, 1.165) is 6.54 Å². The van der Waals surface area contributed by atoms with Crippen LogP contribution in [0.3, 0.4) is 0 Å². The lowest BCUT2D eigenvalue weighted by atomic mass is 10.0. The SMILES string of the molecule is c1ccc(Sc2cccc3c2NCCC3)cc1. The normalized spacial score (nSPS) is 13.9. The highest BCUT2D eigenvalue weighted by Crippen LogP contribution is 2.37. The number of nitrogens with one attached hydrogen (secondary N) is 1. The van der Waals surface area contributed by atoms with Gasteiger partial charge in [0.15, 0.2) is 0 Å². The second-order valence-corrected chi connectivity index (χ2v) is 5.35. The summed E-state index contributed by atoms with van der Waals surface area (Å²) in [7, 11) is 0. The number of benzene rings is 2. The van der Waals surface area contributed by atoms with Gasteiger partial charge in [-0.05, 0) is 36.6 Å². The van der Waals surface area contributed by atoms with E-state index in [2.05, 4.69) is 53.8 Å². The predicted molar refractivity (Wildman–Crippen MR) is 73.8 cm³/mol. The van der Waals surface area contributed by atoms with Gasteiger partial charge in [0.1, 0.15) is 0 Å². The average molecular weight is 241 g/mol. The van der Waals surface area contributed by atoms with Gasteiger partial charge in [0.2, 0.25) is 0 Å². The number of para-hydroxylation sites is 1. The summed E-state index contributed by atoms with van der Waals surface area (Å²) < 4.78 is 0. The smallest absolute Gasteiger partial charge is 0.0514 e. The van der Waals surface area contributed by atoms with E-state index < -0.39 is 0 Å². The molecule has 0 fully saturated rings. The van der Waals surface area contributed by atoms with E-state index in [1.807, 2.05) is 11.8 Å². The van der Waals surface area contributed by atoms with Gasteiger partial charge >= 0.3 is 0 Å². The Morgan fingerprint density at radius 1 is 0.941 bits per heavy atom. The Labute approximate surface area is 106 Å². The lowest BCUT2D eigenvalue weighted by Crippen LogP contribution is -2.12. The van der Waals surface area contributed by atoms with Crippen LogP contribution in [-0.2, 0) is 6.42 Å². The Kier molecular flexibility index (Phi) is 3.06. The molecule has 0 spiro atoms. The maximum Gasteiger partial charge on any atom is 0.0514 e. The van der Waals surface area contributed by atoms with Crippen LogP contribution < -0.4 is 5.32 Å². The quantitative estimate of drug-likeness (QED) is 0.846. The Bertz CT molecular complexity index is 508. The Balaban J connectivity index is 1.93. The fourth-order valence-corrected chi connectivity index (χ4v) is 3.18. The lowest BCUT2D eigenvalue weighted by molar-refractivity contribution is 0.823. The molecule has 0 saturated heterocycles. The summed E-state index contributed by atoms with van der Waals surface area (Å²) in [6, 6.07) is 17.2. The van der Waals surface area contributed by atoms with Crippen LogP contribution in [-0.4, -0.2) is 6.54 Å². The standard InChI is InChI=1S/C15H15NS/c1-2-8-13(9-3-1)17-14-10-4-6-12-7-5-11-16-15(12)14/h1-4,6,8-10,16H,5,7,11H2. The zero-order valence-corrected chi connectivity index (χ0v) is 10.5. The molecule has 0 aliphatic carbocycles. The van der Waals surface area contributed by atoms with Crippen LogP contribution in [0.15, 0.2) is 58.3 Å². The molecule has 0 amide bonds. The fraction of sp³-hybridized carbons (Fsp3) is 0.200. The van der Waals surface area contributed by atoms with E-state index in [9.17, 15) is 0 Å². The summed E-state index contributed by atoms with van der Waals surface area (Å²) in [6.07, 6.45) is 2.44. The van der Waals surface area contributed by atoms with E-state index in [-0.39, 0.29) is 0 Å². The molecule has 0 radical (unpaired) electrons. The highest BCUT2D eigenvalue weighted by molar-refractivity contribution is 7.99. The third-order valence-electron chi connectivity index (χ3n) is 3.01. The molecular weight excluding hydrogens is 226 g/mol. The molecule has 0 aromatic heterocycles. The second kappa shape index (κ2) is 4.84. The fourth-order valence-electron chi connectivity index (χ4n) is 2.18. The van der Waals surface area contributed by atoms with Crippen LogP contribution in [0.5, 0.6) is 0 Å². The molecule has 1 nitrogen and oxygen atoms in total. The summed E-state index contributed by atoms with van der Waals surface area (Å²) in [5.74, 6) is 0. The molecule has 3 rings (SSSR count). The van der Waals surface area contributed by atoms with Gasteiger partial charge < -0.3 is 5.32 Å². The van der Waals surface area contributed by atoms with Gasteiger partial charge in [0.25, 0.3) is 0 Å². The zero-order chi connectivity index (χ0) is 11.5. The first-order chi connectivity index (χ1) is 8.43. The maximum atomic E-state index is 3.53. The second-order valence-electron chi connectivity index (χ2n) is 4.24. The summed E-state index contributed by atoms with van der Waals surface area (Å²) in [4.78, 5) is 2.64. The highest BCUT2D eigenvalue weighted by atomic mass is 32.2. The first-order valence-corrected chi connectivity index (χ1v) is 6.84. The van der Waals surface area contributed by atoms with Crippen molar-refractivity contribution < 1.29 is 0 Å². The van der Waals surface area contributed by atoms with Crippen molar-refractivity contribution in [3.8, 4) is 0 Å². The van der Waals surface area contributed by atoms with Crippen molar-refractivity contribution in [1.29, 1.82) is 0 Å². The van der Waals surface area contributed by atoms with Crippen LogP contribution in [0.4, 0.5) is 5.69 Å². The van der Waals surface area contributed by atoms with Crippen LogP contribution in [0.2, 0.25) is 0 Å². The summed E-state index contributed by atoms with van der Waals surface area (Å²) in [6.45, 7) is 1.10. The summed E-state index contributed by atoms with van der Waals surface area (Å²) >= 11 is 1.84. The van der Waals surface area contributed by atoms with Gasteiger partial charge in [-0.25, -0.2) is 0 Å². The van der Waals surface area contributed by atoms with Crippen LogP contribution in [0, 0.1) is 0 Å². The number of rotatable bonds is 2. The molecule has 0 atom stereocenters. The van der Waals surface area contributed by atoms with Crippen molar-refractivity contribution in [2.24, 2.45) is 0 Å². The molecule has 0 unspecified atom stereocenters. The van der Waals surface area contributed by atoms with Crippen molar-refractivity contribution in [2.75, 3.05) is 11.9 Å². The third kappa shape index (κ3) is 2.32. The number of aryl methyl sites for hydroxylation is 1. The van der Waals surface area contributed by atoms with Crippen molar-refractivity contribution in [1.82, 2.24) is 0 Å². The first kappa shape index (κ1) is 10.7. The molecule has 86 valence electrons. The number of fused-ring (bicyclic) bond motifs is 1. The van der Waals surface area contributed by atoms with E-state index >= 15 is 0 Å². The minimum atomic E-state index is 1.10. The van der Waals surface area contributed by atoms with Gasteiger partial charge in [0.05, 0.1) is 5.69 Å². The van der Waals surface area contributed by atoms with E-state index in [1.165, 1.54) is 33.9 Å². The maximum absolute atomic E-state index is 3.53. The molecule has 0 saturated carbocycles. The topological polar surface area (TPSA) is 12.0 Å². The minimum Gasteiger partial charge on any atom is -0.384 e. The predicted octanol–water partition coefficient (Wildman–Crippen LogP) is 4.20. The monoisotopic (exact) mass is 241 g/mol. The molecule has 2 aromatic rings. The Hall–Kier alpha value is -1.41. The number of hydrogen-bond acceptors (Lipinski definition) is 2. The molecule has 2 aromatic carbocycles. The summed E-state index contributed by atoms with van der Waals surface area (Å²) in [5.41, 5.74) is 2.80. The van der Waals surface area contributed by atoms with Gasteiger partial charge in [-0.1, -0.05) is 42.1 Å². The van der Waals surface area contributed by atoms with Crippen molar-refractivity contribution in [3.63, 3.8) is 0 Å². The van der Waals surface area contributed by atoms with E-state index in [4.69, 9.17) is 0 Å². The largest absolute Gasteiger partial charge is 0.384 e. The van der Waals surface area contributed by atoms with Crippen molar-refractivity contribution in [2.45, 2.75) is 22.6 Å². The van der Waals surface area contributed by atoms with Gasteiger partial charge in [-0.3, -0.25) is 0 Å². The number of hydrogen-bond donors (Lipinski definition) is 1. The molecule has 1 aliphatic heterocycles. The third-order valence-corrected chi connectivity index (χ3v) is 4.08. The van der Waals surface area contributed by atoms with Crippen molar-refractivity contribution in [3.05, 3.63) is 54.1 Å². The first-order valence-electron chi connectivity index (χ1n) is 6.02. The lowest BCUT2D eigenvalue weighted by Gasteiger charge is -2.20. The molecule has 1 heterocycles. The van der Waals surface area contributed by atoms with Crippen LogP contribution >= 0.6 is 11.8 Å². The van der Waals surface area contributed by atoms with E-state index in [1.54, 1.807) is 0 Å². The molecule has 0 bridgehead atoms. The van der Waals surface area contributed by atoms with Gasteiger partial charge in [-0.15, -0.1) is 0 Å². The molecule has 17 heavy (non-hydrogen) atoms. The molecular formula is C15H15NS. The van der Waals surface area contributed by atoms with Crippen LogP contribution in [0.1, 0.15) is 12.0 Å². The summed E-state index contributed by atoms with van der Waals surface area (Å²) in [5, 5.41) is 3.53.